The third-order valence-corrected chi connectivity index (χ3v) is 4.65. The fourth-order valence-corrected chi connectivity index (χ4v) is 3.57. The first-order valence-corrected chi connectivity index (χ1v) is 7.98. The van der Waals surface area contributed by atoms with Crippen molar-refractivity contribution in [1.29, 1.82) is 0 Å². The number of nitrogens with zero attached hydrogens (tertiary/aromatic N) is 2. The molecule has 0 bridgehead atoms. The zero-order valence-corrected chi connectivity index (χ0v) is 12.7. The van der Waals surface area contributed by atoms with Crippen LogP contribution in [0, 0.1) is 11.8 Å². The van der Waals surface area contributed by atoms with Crippen molar-refractivity contribution in [3.8, 4) is 0 Å². The maximum Gasteiger partial charge on any atom is 0.0537 e. The van der Waals surface area contributed by atoms with Crippen molar-refractivity contribution >= 4 is 0 Å². The number of hydrogen-bond acceptors (Lipinski definition) is 2. The van der Waals surface area contributed by atoms with Gasteiger partial charge in [-0.1, -0.05) is 33.1 Å². The Balaban J connectivity index is 2.05. The predicted molar refractivity (Wildman–Crippen MR) is 80.1 cm³/mol. The number of aromatic nitrogens is 2. The molecular weight excluding hydrogens is 234 g/mol. The molecule has 0 amide bonds. The predicted octanol–water partition coefficient (Wildman–Crippen LogP) is 3.77. The molecule has 2 rings (SSSR count). The van der Waals surface area contributed by atoms with Gasteiger partial charge in [0.15, 0.2) is 0 Å². The molecule has 0 saturated heterocycles. The quantitative estimate of drug-likeness (QED) is 0.846. The van der Waals surface area contributed by atoms with Crippen molar-refractivity contribution < 1.29 is 0 Å². The lowest BCUT2D eigenvalue weighted by atomic mass is 9.75. The molecule has 0 aromatic carbocycles. The van der Waals surface area contributed by atoms with Gasteiger partial charge in [0.25, 0.3) is 0 Å². The van der Waals surface area contributed by atoms with Crippen LogP contribution in [0.25, 0.3) is 0 Å². The number of hydrogen-bond donors (Lipinski definition) is 1. The molecule has 1 aliphatic rings. The Labute approximate surface area is 117 Å². The van der Waals surface area contributed by atoms with E-state index in [1.807, 2.05) is 0 Å². The zero-order chi connectivity index (χ0) is 13.7. The molecule has 108 valence electrons. The summed E-state index contributed by atoms with van der Waals surface area (Å²) in [5, 5.41) is 8.02. The summed E-state index contributed by atoms with van der Waals surface area (Å²) in [5.41, 5.74) is 1.37. The average molecular weight is 263 g/mol. The Morgan fingerprint density at radius 1 is 1.42 bits per heavy atom. The first-order valence-electron chi connectivity index (χ1n) is 7.98. The monoisotopic (exact) mass is 263 g/mol. The summed E-state index contributed by atoms with van der Waals surface area (Å²) in [7, 11) is 2.09. The van der Waals surface area contributed by atoms with Crippen LogP contribution in [-0.4, -0.2) is 16.8 Å². The van der Waals surface area contributed by atoms with E-state index in [0.717, 1.165) is 24.8 Å². The minimum atomic E-state index is 0.486. The van der Waals surface area contributed by atoms with Crippen LogP contribution in [0.15, 0.2) is 12.4 Å². The largest absolute Gasteiger partial charge is 0.313 e. The molecule has 1 N–H and O–H groups in total. The van der Waals surface area contributed by atoms with Gasteiger partial charge in [-0.05, 0) is 38.1 Å². The summed E-state index contributed by atoms with van der Waals surface area (Å²) in [6.45, 7) is 5.56. The molecular formula is C16H29N3. The van der Waals surface area contributed by atoms with Gasteiger partial charge in [0.05, 0.1) is 6.20 Å². The normalized spacial score (nSPS) is 25.4. The maximum absolute atomic E-state index is 4.49. The minimum Gasteiger partial charge on any atom is -0.313 e. The lowest BCUT2D eigenvalue weighted by Gasteiger charge is -2.33. The standard InChI is InChI=1S/C16H29N3/c1-4-9-19-12-15(11-18-19)16(17-3)14-8-6-7-13(5-2)10-14/h11-14,16-17H,4-10H2,1-3H3. The number of nitrogens with one attached hydrogen (secondary N) is 1. The van der Waals surface area contributed by atoms with Gasteiger partial charge in [0.2, 0.25) is 0 Å². The van der Waals surface area contributed by atoms with Crippen LogP contribution in [0.3, 0.4) is 0 Å². The van der Waals surface area contributed by atoms with Crippen LogP contribution < -0.4 is 5.32 Å². The second kappa shape index (κ2) is 7.09. The van der Waals surface area contributed by atoms with E-state index in [4.69, 9.17) is 0 Å². The molecule has 0 aliphatic heterocycles. The Bertz CT molecular complexity index is 372. The van der Waals surface area contributed by atoms with Gasteiger partial charge in [-0.3, -0.25) is 4.68 Å². The van der Waals surface area contributed by atoms with E-state index >= 15 is 0 Å². The van der Waals surface area contributed by atoms with E-state index in [9.17, 15) is 0 Å². The van der Waals surface area contributed by atoms with E-state index in [0.29, 0.717) is 6.04 Å². The van der Waals surface area contributed by atoms with Crippen molar-refractivity contribution in [2.75, 3.05) is 7.05 Å². The molecule has 0 spiro atoms. The first kappa shape index (κ1) is 14.6. The molecule has 1 aromatic heterocycles. The molecule has 0 radical (unpaired) electrons. The number of aryl methyl sites for hydroxylation is 1. The van der Waals surface area contributed by atoms with Gasteiger partial charge in [0.1, 0.15) is 0 Å². The average Bonchev–Trinajstić information content (AvgIpc) is 2.89. The highest BCUT2D eigenvalue weighted by Crippen LogP contribution is 2.38. The van der Waals surface area contributed by atoms with Crippen LogP contribution >= 0.6 is 0 Å². The van der Waals surface area contributed by atoms with Crippen LogP contribution in [-0.2, 0) is 6.54 Å². The highest BCUT2D eigenvalue weighted by atomic mass is 15.3. The molecule has 3 atom stereocenters. The van der Waals surface area contributed by atoms with Crippen molar-refractivity contribution in [1.82, 2.24) is 15.1 Å². The molecule has 3 nitrogen and oxygen atoms in total. The summed E-state index contributed by atoms with van der Waals surface area (Å²) >= 11 is 0. The first-order chi connectivity index (χ1) is 9.28. The fraction of sp³-hybridized carbons (Fsp3) is 0.812. The summed E-state index contributed by atoms with van der Waals surface area (Å²) in [6.07, 6.45) is 12.3. The van der Waals surface area contributed by atoms with Crippen LogP contribution in [0.5, 0.6) is 0 Å². The highest BCUT2D eigenvalue weighted by Gasteiger charge is 2.28. The van der Waals surface area contributed by atoms with E-state index in [1.54, 1.807) is 0 Å². The Hall–Kier alpha value is -0.830. The van der Waals surface area contributed by atoms with Crippen LogP contribution in [0.4, 0.5) is 0 Å². The molecule has 3 heteroatoms. The third-order valence-electron chi connectivity index (χ3n) is 4.65. The van der Waals surface area contributed by atoms with E-state index in [2.05, 4.69) is 48.4 Å². The van der Waals surface area contributed by atoms with Crippen molar-refractivity contribution in [3.05, 3.63) is 18.0 Å². The second-order valence-corrected chi connectivity index (χ2v) is 6.00. The van der Waals surface area contributed by atoms with Crippen molar-refractivity contribution in [2.24, 2.45) is 11.8 Å². The van der Waals surface area contributed by atoms with Crippen LogP contribution in [0.1, 0.15) is 64.0 Å². The third kappa shape index (κ3) is 3.59. The minimum absolute atomic E-state index is 0.486. The maximum atomic E-state index is 4.49. The number of rotatable bonds is 6. The van der Waals surface area contributed by atoms with Gasteiger partial charge in [0, 0.05) is 24.3 Å². The molecule has 1 aromatic rings. The lowest BCUT2D eigenvalue weighted by Crippen LogP contribution is -2.29. The van der Waals surface area contributed by atoms with Gasteiger partial charge in [-0.2, -0.15) is 5.10 Å². The summed E-state index contributed by atoms with van der Waals surface area (Å²) in [4.78, 5) is 0. The summed E-state index contributed by atoms with van der Waals surface area (Å²) in [5.74, 6) is 1.71. The van der Waals surface area contributed by atoms with Gasteiger partial charge in [-0.15, -0.1) is 0 Å². The second-order valence-electron chi connectivity index (χ2n) is 6.00. The van der Waals surface area contributed by atoms with E-state index in [1.165, 1.54) is 37.7 Å². The Morgan fingerprint density at radius 3 is 2.95 bits per heavy atom. The van der Waals surface area contributed by atoms with Crippen LogP contribution in [0.2, 0.25) is 0 Å². The summed E-state index contributed by atoms with van der Waals surface area (Å²) < 4.78 is 2.08. The summed E-state index contributed by atoms with van der Waals surface area (Å²) in [6, 6.07) is 0.486. The molecule has 3 unspecified atom stereocenters. The smallest absolute Gasteiger partial charge is 0.0537 e. The lowest BCUT2D eigenvalue weighted by molar-refractivity contribution is 0.214. The molecule has 1 saturated carbocycles. The molecule has 1 fully saturated rings. The van der Waals surface area contributed by atoms with Gasteiger partial charge >= 0.3 is 0 Å². The topological polar surface area (TPSA) is 29.9 Å². The van der Waals surface area contributed by atoms with E-state index < -0.39 is 0 Å². The molecule has 1 heterocycles. The Kier molecular flexibility index (Phi) is 5.44. The molecule has 19 heavy (non-hydrogen) atoms. The Morgan fingerprint density at radius 2 is 2.26 bits per heavy atom. The van der Waals surface area contributed by atoms with Gasteiger partial charge in [-0.25, -0.2) is 0 Å². The molecule has 1 aliphatic carbocycles. The van der Waals surface area contributed by atoms with Crippen molar-refractivity contribution in [3.63, 3.8) is 0 Å². The van der Waals surface area contributed by atoms with Gasteiger partial charge < -0.3 is 5.32 Å². The van der Waals surface area contributed by atoms with E-state index in [-0.39, 0.29) is 0 Å². The highest BCUT2D eigenvalue weighted by molar-refractivity contribution is 5.12. The SMILES string of the molecule is CCCn1cc(C(NC)C2CCCC(CC)C2)cn1. The van der Waals surface area contributed by atoms with Crippen molar-refractivity contribution in [2.45, 2.75) is 65.0 Å². The zero-order valence-electron chi connectivity index (χ0n) is 12.7. The fourth-order valence-electron chi connectivity index (χ4n) is 3.57.